The molecular weight excluding hydrogens is 404 g/mol. The van der Waals surface area contributed by atoms with Gasteiger partial charge in [0.25, 0.3) is 0 Å². The molecule has 6 heteroatoms. The van der Waals surface area contributed by atoms with Crippen LogP contribution in [0.15, 0.2) is 48.5 Å². The molecule has 1 aliphatic carbocycles. The summed E-state index contributed by atoms with van der Waals surface area (Å²) in [5.74, 6) is -1.04. The molecule has 0 spiro atoms. The van der Waals surface area contributed by atoms with Crippen molar-refractivity contribution in [2.45, 2.75) is 38.1 Å². The third-order valence-electron chi connectivity index (χ3n) is 7.17. The number of carbonyl (C=O) groups excluding carboxylic acids is 1. The molecule has 1 amide bonds. The molecule has 4 rings (SSSR count). The van der Waals surface area contributed by atoms with Gasteiger partial charge in [-0.3, -0.25) is 0 Å². The zero-order chi connectivity index (χ0) is 22.9. The van der Waals surface area contributed by atoms with Crippen molar-refractivity contribution in [3.8, 4) is 11.1 Å². The van der Waals surface area contributed by atoms with Crippen LogP contribution in [0.25, 0.3) is 11.1 Å². The number of nitrogens with one attached hydrogen (secondary N) is 1. The summed E-state index contributed by atoms with van der Waals surface area (Å²) in [5.41, 5.74) is 4.12. The van der Waals surface area contributed by atoms with Crippen LogP contribution >= 0.6 is 0 Å². The lowest BCUT2D eigenvalue weighted by Crippen LogP contribution is -2.55. The van der Waals surface area contributed by atoms with Gasteiger partial charge < -0.3 is 19.6 Å². The average molecular weight is 438 g/mol. The largest absolute Gasteiger partial charge is 0.480 e. The molecule has 1 heterocycles. The van der Waals surface area contributed by atoms with Gasteiger partial charge in [0.1, 0.15) is 12.6 Å². The molecule has 1 saturated heterocycles. The highest BCUT2D eigenvalue weighted by Gasteiger charge is 2.52. The zero-order valence-electron chi connectivity index (χ0n) is 19.1. The van der Waals surface area contributed by atoms with Gasteiger partial charge >= 0.3 is 12.1 Å². The number of hydrogen-bond acceptors (Lipinski definition) is 3. The number of carboxylic acid groups (broad SMARTS) is 1. The van der Waals surface area contributed by atoms with Gasteiger partial charge in [0, 0.05) is 12.3 Å². The molecule has 0 bridgehead atoms. The maximum Gasteiger partial charge on any atom is 0.407 e. The van der Waals surface area contributed by atoms with Gasteiger partial charge in [-0.25, -0.2) is 9.59 Å². The van der Waals surface area contributed by atoms with Crippen molar-refractivity contribution in [3.63, 3.8) is 0 Å². The number of fused-ring (bicyclic) bond motifs is 3. The monoisotopic (exact) mass is 437 g/mol. The summed E-state index contributed by atoms with van der Waals surface area (Å²) in [5, 5.41) is 12.7. The number of carbonyl (C=O) groups is 2. The molecule has 2 N–H and O–H groups in total. The van der Waals surface area contributed by atoms with Crippen molar-refractivity contribution in [2.24, 2.45) is 5.41 Å². The fraction of sp³-hybridized carbons (Fsp3) is 0.462. The van der Waals surface area contributed by atoms with Crippen LogP contribution in [0.3, 0.4) is 0 Å². The summed E-state index contributed by atoms with van der Waals surface area (Å²) < 4.78 is 6.40. The standard InChI is InChI=1S/C26H32N2O4/c1-4-13-26(14-15-28(2,3)17-26)23(24(29)30)27-25(31)32-16-22-20-11-7-5-9-18(20)19-10-6-8-12-21(19)22/h5-12,22-23H,4,13-17H2,1-3H3,(H-,27,29,30,31)/p+1/t23-,26-/m0/s1. The first-order chi connectivity index (χ1) is 15.3. The molecule has 170 valence electrons. The highest BCUT2D eigenvalue weighted by atomic mass is 16.5. The fourth-order valence-electron chi connectivity index (χ4n) is 5.85. The van der Waals surface area contributed by atoms with Gasteiger partial charge in [0.05, 0.1) is 32.6 Å². The van der Waals surface area contributed by atoms with Gasteiger partial charge in [0.15, 0.2) is 0 Å². The maximum absolute atomic E-state index is 12.8. The number of alkyl carbamates (subject to hydrolysis) is 1. The van der Waals surface area contributed by atoms with E-state index in [4.69, 9.17) is 4.74 Å². The topological polar surface area (TPSA) is 75.6 Å². The van der Waals surface area contributed by atoms with Crippen molar-refractivity contribution >= 4 is 12.1 Å². The van der Waals surface area contributed by atoms with E-state index in [-0.39, 0.29) is 12.5 Å². The molecular formula is C26H33N2O4+. The second-order valence-corrected chi connectivity index (χ2v) is 9.92. The van der Waals surface area contributed by atoms with Gasteiger partial charge in [0.2, 0.25) is 0 Å². The van der Waals surface area contributed by atoms with Crippen LogP contribution in [0.2, 0.25) is 0 Å². The first-order valence-electron chi connectivity index (χ1n) is 11.4. The van der Waals surface area contributed by atoms with Crippen molar-refractivity contribution < 1.29 is 23.9 Å². The molecule has 0 radical (unpaired) electrons. The van der Waals surface area contributed by atoms with Crippen LogP contribution in [0.5, 0.6) is 0 Å². The number of carboxylic acids is 1. The average Bonchev–Trinajstić information content (AvgIpc) is 3.25. The third-order valence-corrected chi connectivity index (χ3v) is 7.17. The van der Waals surface area contributed by atoms with Crippen molar-refractivity contribution in [2.75, 3.05) is 33.8 Å². The first kappa shape index (κ1) is 22.3. The second kappa shape index (κ2) is 8.58. The number of aliphatic carboxylic acids is 1. The van der Waals surface area contributed by atoms with E-state index in [2.05, 4.69) is 50.6 Å². The van der Waals surface area contributed by atoms with E-state index in [1.807, 2.05) is 24.3 Å². The lowest BCUT2D eigenvalue weighted by Gasteiger charge is -2.35. The number of likely N-dealkylation sites (tertiary alicyclic amines) is 1. The third kappa shape index (κ3) is 4.11. The van der Waals surface area contributed by atoms with E-state index in [1.54, 1.807) is 0 Å². The Labute approximate surface area is 189 Å². The van der Waals surface area contributed by atoms with Crippen LogP contribution in [0.1, 0.15) is 43.2 Å². The number of rotatable bonds is 7. The Balaban J connectivity index is 1.49. The van der Waals surface area contributed by atoms with E-state index in [0.717, 1.165) is 59.1 Å². The highest BCUT2D eigenvalue weighted by molar-refractivity contribution is 5.81. The molecule has 2 aromatic carbocycles. The number of ether oxygens (including phenoxy) is 1. The van der Waals surface area contributed by atoms with E-state index in [9.17, 15) is 14.7 Å². The summed E-state index contributed by atoms with van der Waals surface area (Å²) in [4.78, 5) is 25.0. The molecule has 2 aromatic rings. The number of benzene rings is 2. The minimum Gasteiger partial charge on any atom is -0.480 e. The van der Waals surface area contributed by atoms with E-state index >= 15 is 0 Å². The normalized spacial score (nSPS) is 22.1. The van der Waals surface area contributed by atoms with Crippen LogP contribution in [-0.4, -0.2) is 61.5 Å². The molecule has 2 aliphatic rings. The summed E-state index contributed by atoms with van der Waals surface area (Å²) in [6, 6.07) is 15.4. The number of hydrogen-bond donors (Lipinski definition) is 2. The Morgan fingerprint density at radius 2 is 1.72 bits per heavy atom. The van der Waals surface area contributed by atoms with E-state index in [0.29, 0.717) is 0 Å². The molecule has 6 nitrogen and oxygen atoms in total. The minimum absolute atomic E-state index is 0.0527. The lowest BCUT2D eigenvalue weighted by atomic mass is 9.75. The lowest BCUT2D eigenvalue weighted by molar-refractivity contribution is -0.881. The van der Waals surface area contributed by atoms with E-state index < -0.39 is 23.5 Å². The smallest absolute Gasteiger partial charge is 0.407 e. The number of nitrogens with zero attached hydrogens (tertiary/aromatic N) is 1. The predicted molar refractivity (Wildman–Crippen MR) is 123 cm³/mol. The Bertz CT molecular complexity index is 973. The Morgan fingerprint density at radius 1 is 1.12 bits per heavy atom. The summed E-state index contributed by atoms with van der Waals surface area (Å²) in [6.07, 6.45) is 1.74. The number of amides is 1. The number of quaternary nitrogens is 1. The molecule has 32 heavy (non-hydrogen) atoms. The Kier molecular flexibility index (Phi) is 5.99. The fourth-order valence-corrected chi connectivity index (χ4v) is 5.85. The van der Waals surface area contributed by atoms with Gasteiger partial charge in [-0.2, -0.15) is 0 Å². The summed E-state index contributed by atoms with van der Waals surface area (Å²) in [7, 11) is 4.23. The second-order valence-electron chi connectivity index (χ2n) is 9.92. The van der Waals surface area contributed by atoms with Crippen LogP contribution < -0.4 is 5.32 Å². The predicted octanol–water partition coefficient (Wildman–Crippen LogP) is 4.24. The molecule has 2 atom stereocenters. The van der Waals surface area contributed by atoms with Crippen molar-refractivity contribution in [1.82, 2.24) is 5.32 Å². The highest BCUT2D eigenvalue weighted by Crippen LogP contribution is 2.45. The van der Waals surface area contributed by atoms with Crippen LogP contribution in [-0.2, 0) is 9.53 Å². The molecule has 0 saturated carbocycles. The minimum atomic E-state index is -0.992. The first-order valence-corrected chi connectivity index (χ1v) is 11.4. The quantitative estimate of drug-likeness (QED) is 0.635. The van der Waals surface area contributed by atoms with Crippen molar-refractivity contribution in [1.29, 1.82) is 0 Å². The molecule has 0 unspecified atom stereocenters. The Hall–Kier alpha value is -2.86. The SMILES string of the molecule is CCC[C@]1([C@@H](NC(=O)OCC2c3ccccc3-c3ccccc32)C(=O)O)CC[N+](C)(C)C1. The summed E-state index contributed by atoms with van der Waals surface area (Å²) >= 11 is 0. The molecule has 0 aromatic heterocycles. The van der Waals surface area contributed by atoms with Crippen molar-refractivity contribution in [3.05, 3.63) is 59.7 Å². The van der Waals surface area contributed by atoms with Gasteiger partial charge in [-0.15, -0.1) is 0 Å². The van der Waals surface area contributed by atoms with Crippen LogP contribution in [0.4, 0.5) is 4.79 Å². The zero-order valence-corrected chi connectivity index (χ0v) is 19.1. The molecule has 1 fully saturated rings. The summed E-state index contributed by atoms with van der Waals surface area (Å²) in [6.45, 7) is 3.86. The molecule has 1 aliphatic heterocycles. The van der Waals surface area contributed by atoms with Gasteiger partial charge in [-0.05, 0) is 28.7 Å². The van der Waals surface area contributed by atoms with Gasteiger partial charge in [-0.1, -0.05) is 61.9 Å². The maximum atomic E-state index is 12.8. The van der Waals surface area contributed by atoms with Crippen LogP contribution in [0, 0.1) is 5.41 Å². The Morgan fingerprint density at radius 3 is 2.22 bits per heavy atom. The van der Waals surface area contributed by atoms with E-state index in [1.165, 1.54) is 0 Å².